The van der Waals surface area contributed by atoms with Crippen LogP contribution in [0.15, 0.2) is 30.3 Å². The summed E-state index contributed by atoms with van der Waals surface area (Å²) in [6.07, 6.45) is 1.37. The smallest absolute Gasteiger partial charge is 0.410 e. The highest BCUT2D eigenvalue weighted by Crippen LogP contribution is 2.27. The first-order valence-electron chi connectivity index (χ1n) is 12.7. The predicted octanol–water partition coefficient (Wildman–Crippen LogP) is 5.18. The molecule has 9 nitrogen and oxygen atoms in total. The van der Waals surface area contributed by atoms with Crippen molar-refractivity contribution in [2.45, 2.75) is 78.7 Å². The van der Waals surface area contributed by atoms with Gasteiger partial charge in [-0.2, -0.15) is 0 Å². The fourth-order valence-electron chi connectivity index (χ4n) is 4.21. The van der Waals surface area contributed by atoms with Gasteiger partial charge in [0.25, 0.3) is 0 Å². The number of ether oxygens (including phenoxy) is 2. The molecule has 0 aromatic heterocycles. The van der Waals surface area contributed by atoms with E-state index in [0.717, 1.165) is 28.7 Å². The number of aldehydes is 1. The molecular formula is C29H38N2O7. The van der Waals surface area contributed by atoms with Crippen LogP contribution in [0.3, 0.4) is 0 Å². The van der Waals surface area contributed by atoms with Gasteiger partial charge in [0.15, 0.2) is 6.29 Å². The molecule has 0 aliphatic carbocycles. The molecule has 0 saturated carbocycles. The third kappa shape index (κ3) is 7.87. The van der Waals surface area contributed by atoms with Crippen LogP contribution in [0.1, 0.15) is 74.2 Å². The summed E-state index contributed by atoms with van der Waals surface area (Å²) in [5.74, 6) is 0.268. The number of nitrogens with zero attached hydrogens (tertiary/aromatic N) is 2. The number of hydrogen-bond donors (Lipinski definition) is 2. The molecule has 0 unspecified atom stereocenters. The molecule has 0 saturated heterocycles. The molecule has 9 heteroatoms. The number of phenols is 2. The molecule has 2 aliphatic rings. The average Bonchev–Trinajstić information content (AvgIpc) is 2.81. The van der Waals surface area contributed by atoms with E-state index in [1.54, 1.807) is 34.1 Å². The summed E-state index contributed by atoms with van der Waals surface area (Å²) in [5.41, 5.74) is 3.27. The van der Waals surface area contributed by atoms with Gasteiger partial charge in [-0.1, -0.05) is 6.07 Å². The Balaban J connectivity index is 0.000000212. The van der Waals surface area contributed by atoms with Crippen LogP contribution in [0.5, 0.6) is 11.5 Å². The topological polar surface area (TPSA) is 117 Å². The zero-order valence-electron chi connectivity index (χ0n) is 23.0. The Bertz CT molecular complexity index is 1190. The Hall–Kier alpha value is -3.75. The summed E-state index contributed by atoms with van der Waals surface area (Å²) in [6, 6.07) is 8.51. The number of rotatable bonds is 1. The van der Waals surface area contributed by atoms with E-state index in [1.165, 1.54) is 0 Å². The molecule has 0 bridgehead atoms. The third-order valence-corrected chi connectivity index (χ3v) is 5.99. The van der Waals surface area contributed by atoms with Crippen molar-refractivity contribution in [1.82, 2.24) is 9.80 Å². The molecule has 0 fully saturated rings. The minimum Gasteiger partial charge on any atom is -0.508 e. The van der Waals surface area contributed by atoms with Crippen molar-refractivity contribution >= 4 is 18.5 Å². The Morgan fingerprint density at radius 2 is 1.26 bits per heavy atom. The van der Waals surface area contributed by atoms with E-state index in [4.69, 9.17) is 9.47 Å². The molecule has 38 heavy (non-hydrogen) atoms. The number of aromatic hydroxyl groups is 2. The zero-order chi connectivity index (χ0) is 28.3. The highest BCUT2D eigenvalue weighted by molar-refractivity contribution is 5.80. The highest BCUT2D eigenvalue weighted by atomic mass is 16.6. The molecule has 4 rings (SSSR count). The summed E-state index contributed by atoms with van der Waals surface area (Å²) in [7, 11) is 0. The molecule has 2 amide bonds. The molecule has 2 aromatic carbocycles. The van der Waals surface area contributed by atoms with Gasteiger partial charge in [-0.3, -0.25) is 4.79 Å². The van der Waals surface area contributed by atoms with E-state index >= 15 is 0 Å². The van der Waals surface area contributed by atoms with Gasteiger partial charge >= 0.3 is 12.2 Å². The van der Waals surface area contributed by atoms with Gasteiger partial charge in [-0.15, -0.1) is 0 Å². The van der Waals surface area contributed by atoms with E-state index in [0.29, 0.717) is 38.9 Å². The van der Waals surface area contributed by atoms with Crippen LogP contribution < -0.4 is 0 Å². The van der Waals surface area contributed by atoms with Gasteiger partial charge in [0.05, 0.1) is 5.56 Å². The van der Waals surface area contributed by atoms with Crippen molar-refractivity contribution in [2.24, 2.45) is 0 Å². The van der Waals surface area contributed by atoms with Crippen LogP contribution in [0.4, 0.5) is 9.59 Å². The maximum absolute atomic E-state index is 12.0. The SMILES string of the molecule is CC(C)(C)OC(=O)N1CCc2cc(O)c(C=O)cc2C1.CC(C)(C)OC(=O)N1CCc2cc(O)ccc2C1. The van der Waals surface area contributed by atoms with Crippen LogP contribution in [0, 0.1) is 0 Å². The lowest BCUT2D eigenvalue weighted by atomic mass is 9.97. The predicted molar refractivity (Wildman–Crippen MR) is 142 cm³/mol. The van der Waals surface area contributed by atoms with Crippen LogP contribution in [-0.2, 0) is 35.4 Å². The first-order chi connectivity index (χ1) is 17.6. The van der Waals surface area contributed by atoms with E-state index in [1.807, 2.05) is 47.6 Å². The normalized spacial score (nSPS) is 14.9. The first-order valence-corrected chi connectivity index (χ1v) is 12.7. The van der Waals surface area contributed by atoms with Gasteiger partial charge in [-0.25, -0.2) is 9.59 Å². The Morgan fingerprint density at radius 3 is 1.76 bits per heavy atom. The molecule has 0 radical (unpaired) electrons. The van der Waals surface area contributed by atoms with Crippen molar-refractivity contribution in [2.75, 3.05) is 13.1 Å². The molecule has 206 valence electrons. The summed E-state index contributed by atoms with van der Waals surface area (Å²) in [5, 5.41) is 19.1. The lowest BCUT2D eigenvalue weighted by Gasteiger charge is -2.31. The van der Waals surface area contributed by atoms with Gasteiger partial charge in [-0.05, 0) is 101 Å². The lowest BCUT2D eigenvalue weighted by molar-refractivity contribution is 0.0213. The van der Waals surface area contributed by atoms with Gasteiger partial charge < -0.3 is 29.5 Å². The van der Waals surface area contributed by atoms with Gasteiger partial charge in [0.1, 0.15) is 22.7 Å². The van der Waals surface area contributed by atoms with Crippen LogP contribution in [0.25, 0.3) is 0 Å². The van der Waals surface area contributed by atoms with Crippen molar-refractivity contribution in [1.29, 1.82) is 0 Å². The summed E-state index contributed by atoms with van der Waals surface area (Å²) in [6.45, 7) is 13.2. The van der Waals surface area contributed by atoms with E-state index in [-0.39, 0.29) is 29.2 Å². The third-order valence-electron chi connectivity index (χ3n) is 5.99. The maximum Gasteiger partial charge on any atom is 0.410 e. The minimum atomic E-state index is -0.528. The first kappa shape index (κ1) is 28.8. The number of carbonyl (C=O) groups excluding carboxylic acids is 3. The highest BCUT2D eigenvalue weighted by Gasteiger charge is 2.27. The number of fused-ring (bicyclic) bond motifs is 2. The average molecular weight is 527 g/mol. The van der Waals surface area contributed by atoms with Crippen LogP contribution in [-0.4, -0.2) is 62.8 Å². The molecule has 2 N–H and O–H groups in total. The minimum absolute atomic E-state index is 0.00975. The van der Waals surface area contributed by atoms with Crippen molar-refractivity contribution in [3.8, 4) is 11.5 Å². The molecule has 2 aromatic rings. The largest absolute Gasteiger partial charge is 0.508 e. The fraction of sp³-hybridized carbons (Fsp3) is 0.483. The van der Waals surface area contributed by atoms with E-state index in [2.05, 4.69) is 0 Å². The van der Waals surface area contributed by atoms with Crippen molar-refractivity contribution < 1.29 is 34.1 Å². The monoisotopic (exact) mass is 526 g/mol. The van der Waals surface area contributed by atoms with Crippen molar-refractivity contribution in [3.05, 3.63) is 58.1 Å². The van der Waals surface area contributed by atoms with Gasteiger partial charge in [0.2, 0.25) is 0 Å². The lowest BCUT2D eigenvalue weighted by Crippen LogP contribution is -2.39. The standard InChI is InChI=1S/C15H19NO4.C14H19NO3/c1-15(2,3)20-14(19)16-5-4-10-7-13(18)12(9-17)6-11(10)8-16;1-14(2,3)18-13(17)15-7-6-10-8-12(16)5-4-11(10)9-15/h6-7,9,18H,4-5,8H2,1-3H3;4-5,8,16H,6-7,9H2,1-3H3. The molecule has 0 spiro atoms. The quantitative estimate of drug-likeness (QED) is 0.492. The second-order valence-corrected chi connectivity index (χ2v) is 11.6. The van der Waals surface area contributed by atoms with E-state index in [9.17, 15) is 24.6 Å². The molecule has 2 heterocycles. The Kier molecular flexibility index (Phi) is 8.59. The van der Waals surface area contributed by atoms with Gasteiger partial charge in [0, 0.05) is 26.2 Å². The zero-order valence-corrected chi connectivity index (χ0v) is 23.0. The number of carbonyl (C=O) groups is 3. The molecule has 0 atom stereocenters. The number of phenolic OH excluding ortho intramolecular Hbond substituents is 2. The molecule has 2 aliphatic heterocycles. The summed E-state index contributed by atoms with van der Waals surface area (Å²) < 4.78 is 10.7. The van der Waals surface area contributed by atoms with Crippen LogP contribution in [0.2, 0.25) is 0 Å². The number of hydrogen-bond acceptors (Lipinski definition) is 7. The fourth-order valence-corrected chi connectivity index (χ4v) is 4.21. The second-order valence-electron chi connectivity index (χ2n) is 11.6. The second kappa shape index (κ2) is 11.3. The van der Waals surface area contributed by atoms with Crippen molar-refractivity contribution in [3.63, 3.8) is 0 Å². The summed E-state index contributed by atoms with van der Waals surface area (Å²) in [4.78, 5) is 38.1. The Labute approximate surface area is 224 Å². The van der Waals surface area contributed by atoms with E-state index < -0.39 is 11.2 Å². The number of amides is 2. The maximum atomic E-state index is 12.0. The molecular weight excluding hydrogens is 488 g/mol. The number of benzene rings is 2. The Morgan fingerprint density at radius 1 is 0.763 bits per heavy atom. The summed E-state index contributed by atoms with van der Waals surface area (Å²) >= 11 is 0. The van der Waals surface area contributed by atoms with Crippen LogP contribution >= 0.6 is 0 Å².